The van der Waals surface area contributed by atoms with Crippen LogP contribution in [-0.4, -0.2) is 66.8 Å². The highest BCUT2D eigenvalue weighted by atomic mass is 16.5. The first-order valence-corrected chi connectivity index (χ1v) is 12.0. The van der Waals surface area contributed by atoms with E-state index in [-0.39, 0.29) is 5.97 Å². The van der Waals surface area contributed by atoms with Gasteiger partial charge in [0.25, 0.3) is 0 Å². The Bertz CT molecular complexity index is 1050. The van der Waals surface area contributed by atoms with Crippen molar-refractivity contribution >= 4 is 5.97 Å². The highest BCUT2D eigenvalue weighted by Gasteiger charge is 2.18. The van der Waals surface area contributed by atoms with Crippen molar-refractivity contribution in [3.8, 4) is 0 Å². The molecule has 0 aliphatic carbocycles. The van der Waals surface area contributed by atoms with E-state index in [1.165, 1.54) is 23.9 Å². The summed E-state index contributed by atoms with van der Waals surface area (Å²) >= 11 is 0. The number of hydrogen-bond acceptors (Lipinski definition) is 5. The van der Waals surface area contributed by atoms with Crippen LogP contribution in [0.4, 0.5) is 0 Å². The van der Waals surface area contributed by atoms with Gasteiger partial charge in [-0.1, -0.05) is 48.0 Å². The van der Waals surface area contributed by atoms with E-state index in [4.69, 9.17) is 9.47 Å². The fourth-order valence-electron chi connectivity index (χ4n) is 4.40. The fourth-order valence-corrected chi connectivity index (χ4v) is 4.40. The van der Waals surface area contributed by atoms with Crippen molar-refractivity contribution < 1.29 is 14.3 Å². The first-order chi connectivity index (χ1) is 16.6. The van der Waals surface area contributed by atoms with Gasteiger partial charge in [0, 0.05) is 57.7 Å². The van der Waals surface area contributed by atoms with Gasteiger partial charge in [0.05, 0.1) is 25.9 Å². The molecule has 2 heterocycles. The number of rotatable bonds is 10. The first kappa shape index (κ1) is 24.2. The molecule has 0 atom stereocenters. The van der Waals surface area contributed by atoms with Gasteiger partial charge in [-0.2, -0.15) is 0 Å². The van der Waals surface area contributed by atoms with E-state index >= 15 is 0 Å². The van der Waals surface area contributed by atoms with Crippen LogP contribution in [0.3, 0.4) is 0 Å². The Morgan fingerprint density at radius 3 is 2.53 bits per heavy atom. The molecular formula is C28H35N3O3. The van der Waals surface area contributed by atoms with E-state index in [1.54, 1.807) is 0 Å². The molecule has 0 N–H and O–H groups in total. The molecule has 6 nitrogen and oxygen atoms in total. The summed E-state index contributed by atoms with van der Waals surface area (Å²) in [5.74, 6) is -0.286. The molecule has 1 aliphatic rings. The lowest BCUT2D eigenvalue weighted by Crippen LogP contribution is -2.41. The predicted octanol–water partition coefficient (Wildman–Crippen LogP) is 3.97. The van der Waals surface area contributed by atoms with Gasteiger partial charge in [0.2, 0.25) is 0 Å². The molecule has 6 heteroatoms. The van der Waals surface area contributed by atoms with Crippen LogP contribution in [-0.2, 0) is 29.1 Å². The quantitative estimate of drug-likeness (QED) is 0.428. The van der Waals surface area contributed by atoms with Gasteiger partial charge < -0.3 is 14.0 Å². The number of carbonyl (C=O) groups is 1. The van der Waals surface area contributed by atoms with E-state index < -0.39 is 0 Å². The summed E-state index contributed by atoms with van der Waals surface area (Å²) in [6.45, 7) is 9.86. The van der Waals surface area contributed by atoms with Crippen LogP contribution in [0.1, 0.15) is 32.7 Å². The number of nitrogens with zero attached hydrogens (tertiary/aromatic N) is 3. The van der Waals surface area contributed by atoms with Crippen molar-refractivity contribution in [2.45, 2.75) is 26.6 Å². The second-order valence-electron chi connectivity index (χ2n) is 8.93. The molecule has 180 valence electrons. The lowest BCUT2D eigenvalue weighted by Gasteiger charge is -2.30. The van der Waals surface area contributed by atoms with Crippen LogP contribution in [0, 0.1) is 6.92 Å². The normalized spacial score (nSPS) is 14.4. The third kappa shape index (κ3) is 6.56. The summed E-state index contributed by atoms with van der Waals surface area (Å²) in [5.41, 5.74) is 5.46. The maximum Gasteiger partial charge on any atom is 0.338 e. The van der Waals surface area contributed by atoms with Gasteiger partial charge in [-0.25, -0.2) is 4.79 Å². The molecule has 0 radical (unpaired) electrons. The molecule has 2 aromatic carbocycles. The maximum absolute atomic E-state index is 12.4. The Balaban J connectivity index is 1.51. The summed E-state index contributed by atoms with van der Waals surface area (Å²) in [7, 11) is 1.44. The number of morpholine rings is 1. The smallest absolute Gasteiger partial charge is 0.338 e. The molecule has 1 aromatic heterocycles. The summed E-state index contributed by atoms with van der Waals surface area (Å²) < 4.78 is 12.9. The van der Waals surface area contributed by atoms with Gasteiger partial charge in [0.15, 0.2) is 0 Å². The monoisotopic (exact) mass is 461 g/mol. The standard InChI is InChI=1S/C28H35N3O3/c1-23-9-11-24(12-10-23)20-31-13-5-7-26(31)22-30(15-14-29-16-18-34-19-17-29)21-25-6-3-4-8-27(25)28(32)33-2/h3-13H,14-22H2,1-2H3. The Labute approximate surface area is 202 Å². The van der Waals surface area contributed by atoms with Crippen molar-refractivity contribution in [1.82, 2.24) is 14.4 Å². The van der Waals surface area contributed by atoms with E-state index in [2.05, 4.69) is 63.9 Å². The maximum atomic E-state index is 12.4. The average Bonchev–Trinajstić information content (AvgIpc) is 3.30. The topological polar surface area (TPSA) is 46.9 Å². The second kappa shape index (κ2) is 12.0. The van der Waals surface area contributed by atoms with Crippen LogP contribution in [0.15, 0.2) is 66.9 Å². The molecule has 4 rings (SSSR count). The number of methoxy groups -OCH3 is 1. The molecule has 0 bridgehead atoms. The third-order valence-electron chi connectivity index (χ3n) is 6.44. The summed E-state index contributed by atoms with van der Waals surface area (Å²) in [6, 6.07) is 20.8. The number of esters is 1. The zero-order valence-corrected chi connectivity index (χ0v) is 20.3. The minimum Gasteiger partial charge on any atom is -0.465 e. The lowest BCUT2D eigenvalue weighted by molar-refractivity contribution is 0.0323. The highest BCUT2D eigenvalue weighted by molar-refractivity contribution is 5.90. The molecule has 0 spiro atoms. The Kier molecular flexibility index (Phi) is 8.52. The molecule has 1 saturated heterocycles. The minimum absolute atomic E-state index is 0.286. The first-order valence-electron chi connectivity index (χ1n) is 12.0. The number of aryl methyl sites for hydroxylation is 1. The molecule has 34 heavy (non-hydrogen) atoms. The Morgan fingerprint density at radius 1 is 1.00 bits per heavy atom. The molecular weight excluding hydrogens is 426 g/mol. The predicted molar refractivity (Wildman–Crippen MR) is 134 cm³/mol. The van der Waals surface area contributed by atoms with Crippen molar-refractivity contribution in [2.75, 3.05) is 46.5 Å². The molecule has 0 saturated carbocycles. The van der Waals surface area contributed by atoms with E-state index in [1.807, 2.05) is 24.3 Å². The van der Waals surface area contributed by atoms with Crippen molar-refractivity contribution in [3.63, 3.8) is 0 Å². The van der Waals surface area contributed by atoms with E-state index in [9.17, 15) is 4.79 Å². The van der Waals surface area contributed by atoms with Crippen molar-refractivity contribution in [3.05, 3.63) is 94.8 Å². The Morgan fingerprint density at radius 2 is 1.76 bits per heavy atom. The molecule has 1 fully saturated rings. The third-order valence-corrected chi connectivity index (χ3v) is 6.44. The zero-order valence-electron chi connectivity index (χ0n) is 20.3. The van der Waals surface area contributed by atoms with Crippen molar-refractivity contribution in [1.29, 1.82) is 0 Å². The molecule has 1 aliphatic heterocycles. The van der Waals surface area contributed by atoms with E-state index in [0.717, 1.165) is 58.0 Å². The van der Waals surface area contributed by atoms with E-state index in [0.29, 0.717) is 12.1 Å². The largest absolute Gasteiger partial charge is 0.465 e. The lowest BCUT2D eigenvalue weighted by atomic mass is 10.1. The van der Waals surface area contributed by atoms with Gasteiger partial charge in [0.1, 0.15) is 0 Å². The van der Waals surface area contributed by atoms with Crippen LogP contribution in [0.2, 0.25) is 0 Å². The van der Waals surface area contributed by atoms with Crippen LogP contribution in [0.25, 0.3) is 0 Å². The number of aromatic nitrogens is 1. The average molecular weight is 462 g/mol. The van der Waals surface area contributed by atoms with Gasteiger partial charge in [-0.3, -0.25) is 9.80 Å². The van der Waals surface area contributed by atoms with Gasteiger partial charge in [-0.05, 0) is 36.2 Å². The number of hydrogen-bond donors (Lipinski definition) is 0. The van der Waals surface area contributed by atoms with Crippen LogP contribution >= 0.6 is 0 Å². The molecule has 0 unspecified atom stereocenters. The van der Waals surface area contributed by atoms with Gasteiger partial charge >= 0.3 is 5.97 Å². The number of benzene rings is 2. The van der Waals surface area contributed by atoms with Crippen molar-refractivity contribution in [2.24, 2.45) is 0 Å². The zero-order chi connectivity index (χ0) is 23.8. The summed E-state index contributed by atoms with van der Waals surface area (Å²) in [4.78, 5) is 17.2. The Hall–Kier alpha value is -2.93. The summed E-state index contributed by atoms with van der Waals surface area (Å²) in [5, 5.41) is 0. The fraction of sp³-hybridized carbons (Fsp3) is 0.393. The minimum atomic E-state index is -0.286. The van der Waals surface area contributed by atoms with Gasteiger partial charge in [-0.15, -0.1) is 0 Å². The molecule has 3 aromatic rings. The summed E-state index contributed by atoms with van der Waals surface area (Å²) in [6.07, 6.45) is 2.15. The molecule has 0 amide bonds. The van der Waals surface area contributed by atoms with Crippen LogP contribution < -0.4 is 0 Å². The second-order valence-corrected chi connectivity index (χ2v) is 8.93. The number of ether oxygens (including phenoxy) is 2. The van der Waals surface area contributed by atoms with Crippen LogP contribution in [0.5, 0.6) is 0 Å². The highest BCUT2D eigenvalue weighted by Crippen LogP contribution is 2.17. The SMILES string of the molecule is COC(=O)c1ccccc1CN(CCN1CCOCC1)Cc1cccn1Cc1ccc(C)cc1. The number of carbonyl (C=O) groups excluding carboxylic acids is 1.